The Morgan fingerprint density at radius 3 is 2.42 bits per heavy atom. The average Bonchev–Trinajstić information content (AvgIpc) is 3.25. The third-order valence-corrected chi connectivity index (χ3v) is 13.8. The molecule has 2 saturated carbocycles. The molecular weight excluding hydrogens is 502 g/mol. The van der Waals surface area contributed by atoms with Gasteiger partial charge in [-0.15, -0.1) is 0 Å². The van der Waals surface area contributed by atoms with Gasteiger partial charge in [-0.3, -0.25) is 4.79 Å². The number of esters is 1. The zero-order chi connectivity index (χ0) is 28.3. The molecule has 0 spiro atoms. The number of carbonyl (C=O) groups is 1. The predicted octanol–water partition coefficient (Wildman–Crippen LogP) is 5.53. The van der Waals surface area contributed by atoms with Gasteiger partial charge in [0, 0.05) is 32.3 Å². The highest BCUT2D eigenvalue weighted by Gasteiger charge is 2.68. The highest BCUT2D eigenvalue weighted by Crippen LogP contribution is 2.64. The van der Waals surface area contributed by atoms with Gasteiger partial charge >= 0.3 is 5.97 Å². The molecule has 8 nitrogen and oxygen atoms in total. The fraction of sp³-hybridized carbons (Fsp3) is 0.724. The molecule has 0 aromatic heterocycles. The number of nitrogens with zero attached hydrogens (tertiary/aromatic N) is 1. The number of carbonyl (C=O) groups excluding carboxylic acids is 1. The first kappa shape index (κ1) is 30.4. The molecule has 2 aliphatic rings. The second-order valence-electron chi connectivity index (χ2n) is 12.0. The summed E-state index contributed by atoms with van der Waals surface area (Å²) in [5.74, 6) is -0.312. The lowest BCUT2D eigenvalue weighted by molar-refractivity contribution is -0.180. The molecule has 0 radical (unpaired) electrons. The predicted molar refractivity (Wildman–Crippen MR) is 147 cm³/mol. The van der Waals surface area contributed by atoms with Gasteiger partial charge in [0.25, 0.3) is 0 Å². The van der Waals surface area contributed by atoms with Crippen LogP contribution >= 0.6 is 0 Å². The van der Waals surface area contributed by atoms with Crippen LogP contribution in [0.4, 0.5) is 0 Å². The van der Waals surface area contributed by atoms with E-state index in [0.717, 1.165) is 12.0 Å². The number of hydrogen-bond acceptors (Lipinski definition) is 8. The summed E-state index contributed by atoms with van der Waals surface area (Å²) in [6, 6.07) is 8.19. The molecule has 2 aliphatic carbocycles. The van der Waals surface area contributed by atoms with E-state index >= 15 is 0 Å². The molecular formula is C29H45NO7Si. The SMILES string of the molecule is COCOc1cccc([C@H]2C[C@@H]3[C@H](CO[Si](C)(C)C(C)(C)C)CC[C@H](OC)[C@]3(C(=O)OC)[C@@H]2C#N)c1OC. The van der Waals surface area contributed by atoms with Crippen LogP contribution in [-0.2, 0) is 23.4 Å². The van der Waals surface area contributed by atoms with E-state index in [4.69, 9.17) is 28.1 Å². The largest absolute Gasteiger partial charge is 0.493 e. The van der Waals surface area contributed by atoms with E-state index in [9.17, 15) is 10.1 Å². The molecule has 0 amide bonds. The summed E-state index contributed by atoms with van der Waals surface area (Å²) >= 11 is 0. The molecule has 3 rings (SSSR count). The smallest absolute Gasteiger partial charge is 0.316 e. The van der Waals surface area contributed by atoms with Gasteiger partial charge < -0.3 is 28.1 Å². The second kappa shape index (κ2) is 11.9. The van der Waals surface area contributed by atoms with E-state index in [1.807, 2.05) is 18.2 Å². The van der Waals surface area contributed by atoms with E-state index in [-0.39, 0.29) is 35.6 Å². The summed E-state index contributed by atoms with van der Waals surface area (Å²) < 4.78 is 34.8. The molecule has 0 bridgehead atoms. The van der Waals surface area contributed by atoms with Crippen LogP contribution in [0, 0.1) is 34.5 Å². The number of ether oxygens (including phenoxy) is 5. The average molecular weight is 548 g/mol. The molecule has 38 heavy (non-hydrogen) atoms. The summed E-state index contributed by atoms with van der Waals surface area (Å²) in [7, 11) is 4.15. The first-order valence-corrected chi connectivity index (χ1v) is 16.3. The Kier molecular flexibility index (Phi) is 9.57. The molecule has 0 unspecified atom stereocenters. The first-order chi connectivity index (χ1) is 17.9. The minimum atomic E-state index is -2.02. The van der Waals surface area contributed by atoms with Crippen LogP contribution in [0.1, 0.15) is 51.5 Å². The van der Waals surface area contributed by atoms with Gasteiger partial charge in [0.05, 0.1) is 32.3 Å². The molecule has 0 saturated heterocycles. The lowest BCUT2D eigenvalue weighted by atomic mass is 9.58. The normalized spacial score (nSPS) is 29.3. The molecule has 2 fully saturated rings. The Morgan fingerprint density at radius 2 is 1.87 bits per heavy atom. The number of fused-ring (bicyclic) bond motifs is 1. The van der Waals surface area contributed by atoms with E-state index in [2.05, 4.69) is 39.9 Å². The van der Waals surface area contributed by atoms with E-state index in [0.29, 0.717) is 30.9 Å². The Morgan fingerprint density at radius 1 is 1.16 bits per heavy atom. The van der Waals surface area contributed by atoms with Crippen molar-refractivity contribution in [1.29, 1.82) is 5.26 Å². The first-order valence-electron chi connectivity index (χ1n) is 13.4. The molecule has 6 atom stereocenters. The maximum absolute atomic E-state index is 13.8. The molecule has 0 aliphatic heterocycles. The topological polar surface area (TPSA) is 96.2 Å². The number of hydrogen-bond donors (Lipinski definition) is 0. The van der Waals surface area contributed by atoms with Crippen LogP contribution < -0.4 is 9.47 Å². The molecule has 0 N–H and O–H groups in total. The van der Waals surface area contributed by atoms with Crippen LogP contribution in [-0.4, -0.2) is 62.2 Å². The fourth-order valence-electron chi connectivity index (χ4n) is 6.41. The highest BCUT2D eigenvalue weighted by atomic mass is 28.4. The van der Waals surface area contributed by atoms with Gasteiger partial charge in [0.2, 0.25) is 0 Å². The lowest BCUT2D eigenvalue weighted by Gasteiger charge is -2.48. The van der Waals surface area contributed by atoms with Crippen LogP contribution in [0.25, 0.3) is 0 Å². The van der Waals surface area contributed by atoms with Gasteiger partial charge in [0.15, 0.2) is 26.6 Å². The van der Waals surface area contributed by atoms with Crippen molar-refractivity contribution >= 4 is 14.3 Å². The highest BCUT2D eigenvalue weighted by molar-refractivity contribution is 6.74. The maximum atomic E-state index is 13.8. The van der Waals surface area contributed by atoms with Crippen molar-refractivity contribution in [2.45, 2.75) is 70.2 Å². The van der Waals surface area contributed by atoms with Gasteiger partial charge in [0.1, 0.15) is 5.41 Å². The van der Waals surface area contributed by atoms with Crippen molar-refractivity contribution in [2.24, 2.45) is 23.2 Å². The summed E-state index contributed by atoms with van der Waals surface area (Å²) in [6.07, 6.45) is 1.70. The minimum Gasteiger partial charge on any atom is -0.493 e. The standard InChI is InChI=1S/C29H45NO7Si/c1-28(2,3)38(8,9)37-17-19-13-14-25(33-5)29(27(31)35-7)22(19)15-21(23(29)16-30)20-11-10-12-24(26(20)34-6)36-18-32-4/h10-12,19,21-23,25H,13-15,17-18H2,1-9H3/t19-,21+,22+,23+,25-,29+/m0/s1. The number of rotatable bonds is 10. The van der Waals surface area contributed by atoms with Crippen molar-refractivity contribution in [2.75, 3.05) is 41.8 Å². The summed E-state index contributed by atoms with van der Waals surface area (Å²) in [4.78, 5) is 13.8. The summed E-state index contributed by atoms with van der Waals surface area (Å²) in [5, 5.41) is 10.7. The zero-order valence-corrected chi connectivity index (χ0v) is 25.5. The quantitative estimate of drug-likeness (QED) is 0.214. The van der Waals surface area contributed by atoms with E-state index in [1.54, 1.807) is 21.3 Å². The van der Waals surface area contributed by atoms with Crippen LogP contribution in [0.3, 0.4) is 0 Å². The van der Waals surface area contributed by atoms with Gasteiger partial charge in [-0.1, -0.05) is 32.9 Å². The molecule has 1 aromatic carbocycles. The fourth-order valence-corrected chi connectivity index (χ4v) is 7.47. The van der Waals surface area contributed by atoms with Crippen molar-refractivity contribution in [3.63, 3.8) is 0 Å². The Labute approximate surface area is 229 Å². The van der Waals surface area contributed by atoms with Gasteiger partial charge in [-0.25, -0.2) is 0 Å². The molecule has 1 aromatic rings. The van der Waals surface area contributed by atoms with E-state index < -0.39 is 25.8 Å². The van der Waals surface area contributed by atoms with Crippen LogP contribution in [0.2, 0.25) is 18.1 Å². The van der Waals surface area contributed by atoms with Crippen LogP contribution in [0.5, 0.6) is 11.5 Å². The Hall–Kier alpha value is -2.12. The third kappa shape index (κ3) is 5.20. The van der Waals surface area contributed by atoms with Gasteiger partial charge in [-0.05, 0) is 55.3 Å². The monoisotopic (exact) mass is 547 g/mol. The van der Waals surface area contributed by atoms with Crippen molar-refractivity contribution < 1.29 is 32.9 Å². The number of para-hydroxylation sites is 1. The second-order valence-corrected chi connectivity index (χ2v) is 16.9. The third-order valence-electron chi connectivity index (χ3n) is 9.31. The van der Waals surface area contributed by atoms with Crippen LogP contribution in [0.15, 0.2) is 18.2 Å². The maximum Gasteiger partial charge on any atom is 0.316 e. The summed E-state index contributed by atoms with van der Waals surface area (Å²) in [6.45, 7) is 11.8. The number of benzene rings is 1. The van der Waals surface area contributed by atoms with Gasteiger partial charge in [-0.2, -0.15) is 5.26 Å². The Bertz CT molecular complexity index is 1020. The number of nitriles is 1. The number of methoxy groups -OCH3 is 4. The minimum absolute atomic E-state index is 0.0689. The van der Waals surface area contributed by atoms with Crippen molar-refractivity contribution in [3.8, 4) is 17.6 Å². The zero-order valence-electron chi connectivity index (χ0n) is 24.5. The summed E-state index contributed by atoms with van der Waals surface area (Å²) in [5.41, 5.74) is -0.277. The Balaban J connectivity index is 2.12. The van der Waals surface area contributed by atoms with Crippen molar-refractivity contribution in [3.05, 3.63) is 23.8 Å². The van der Waals surface area contributed by atoms with Crippen molar-refractivity contribution in [1.82, 2.24) is 0 Å². The molecule has 0 heterocycles. The van der Waals surface area contributed by atoms with E-state index in [1.165, 1.54) is 7.11 Å². The molecule has 212 valence electrons. The lowest BCUT2D eigenvalue weighted by Crippen LogP contribution is -2.57. The molecule has 9 heteroatoms.